The van der Waals surface area contributed by atoms with Crippen LogP contribution in [-0.2, 0) is 6.54 Å². The number of thiazole rings is 1. The van der Waals surface area contributed by atoms with E-state index in [0.717, 1.165) is 24.8 Å². The summed E-state index contributed by atoms with van der Waals surface area (Å²) in [6.45, 7) is 3.29. The first-order valence-electron chi connectivity index (χ1n) is 8.08. The fraction of sp³-hybridized carbons (Fsp3) is 0.333. The zero-order chi connectivity index (χ0) is 15.5. The third-order valence-electron chi connectivity index (χ3n) is 4.61. The molecular weight excluding hydrogens is 304 g/mol. The standard InChI is InChI=1S/C18H20N4S/c1-2-17(22(10-1)18-20-9-13-23-18)14-21-11-5-16(6-12-21)15-3-7-19-8-4-15/h1-4,7-10,13,16H,5-6,11-12,14H2. The second kappa shape index (κ2) is 6.64. The molecule has 4 nitrogen and oxygen atoms in total. The number of pyridine rings is 1. The van der Waals surface area contributed by atoms with E-state index in [4.69, 9.17) is 0 Å². The average Bonchev–Trinajstić information content (AvgIpc) is 3.27. The van der Waals surface area contributed by atoms with Crippen molar-refractivity contribution in [1.82, 2.24) is 19.4 Å². The third-order valence-corrected chi connectivity index (χ3v) is 5.38. The summed E-state index contributed by atoms with van der Waals surface area (Å²) in [5, 5.41) is 3.08. The van der Waals surface area contributed by atoms with Crippen LogP contribution in [0.3, 0.4) is 0 Å². The normalized spacial score (nSPS) is 16.7. The molecule has 4 rings (SSSR count). The highest BCUT2D eigenvalue weighted by atomic mass is 32.1. The van der Waals surface area contributed by atoms with Crippen LogP contribution in [0.4, 0.5) is 0 Å². The molecule has 0 atom stereocenters. The summed E-state index contributed by atoms with van der Waals surface area (Å²) in [4.78, 5) is 11.1. The van der Waals surface area contributed by atoms with E-state index in [1.54, 1.807) is 11.3 Å². The first-order chi connectivity index (χ1) is 11.4. The number of aromatic nitrogens is 3. The van der Waals surface area contributed by atoms with Gasteiger partial charge in [-0.3, -0.25) is 14.5 Å². The Morgan fingerprint density at radius 2 is 1.91 bits per heavy atom. The van der Waals surface area contributed by atoms with Gasteiger partial charge in [-0.05, 0) is 61.7 Å². The van der Waals surface area contributed by atoms with Gasteiger partial charge in [0.05, 0.1) is 0 Å². The van der Waals surface area contributed by atoms with Crippen molar-refractivity contribution in [1.29, 1.82) is 0 Å². The zero-order valence-electron chi connectivity index (χ0n) is 13.0. The summed E-state index contributed by atoms with van der Waals surface area (Å²) in [5.41, 5.74) is 2.76. The van der Waals surface area contributed by atoms with Gasteiger partial charge < -0.3 is 0 Å². The van der Waals surface area contributed by atoms with E-state index in [0.29, 0.717) is 5.92 Å². The lowest BCUT2D eigenvalue weighted by Gasteiger charge is -2.32. The van der Waals surface area contributed by atoms with Gasteiger partial charge in [0, 0.05) is 42.4 Å². The minimum absolute atomic E-state index is 0.681. The van der Waals surface area contributed by atoms with Crippen molar-refractivity contribution >= 4 is 11.3 Å². The van der Waals surface area contributed by atoms with Crippen LogP contribution in [0.2, 0.25) is 0 Å². The van der Waals surface area contributed by atoms with E-state index < -0.39 is 0 Å². The second-order valence-corrected chi connectivity index (χ2v) is 6.89. The maximum absolute atomic E-state index is 4.42. The summed E-state index contributed by atoms with van der Waals surface area (Å²) in [7, 11) is 0. The van der Waals surface area contributed by atoms with Crippen molar-refractivity contribution in [3.05, 3.63) is 65.7 Å². The molecule has 0 bridgehead atoms. The minimum atomic E-state index is 0.681. The number of hydrogen-bond acceptors (Lipinski definition) is 4. The summed E-state index contributed by atoms with van der Waals surface area (Å²) in [5.74, 6) is 0.681. The molecule has 1 fully saturated rings. The van der Waals surface area contributed by atoms with Gasteiger partial charge >= 0.3 is 0 Å². The SMILES string of the molecule is c1cc(CN2CCC(c3ccncc3)CC2)n(-c2nccs2)c1. The maximum Gasteiger partial charge on any atom is 0.193 e. The van der Waals surface area contributed by atoms with E-state index in [1.807, 2.05) is 24.0 Å². The van der Waals surface area contributed by atoms with Gasteiger partial charge in [0.1, 0.15) is 0 Å². The molecule has 1 aliphatic rings. The molecule has 1 aliphatic heterocycles. The molecule has 1 saturated heterocycles. The summed E-state index contributed by atoms with van der Waals surface area (Å²) in [6.07, 6.45) is 10.2. The first-order valence-corrected chi connectivity index (χ1v) is 8.96. The van der Waals surface area contributed by atoms with Gasteiger partial charge in [0.25, 0.3) is 0 Å². The summed E-state index contributed by atoms with van der Waals surface area (Å²) >= 11 is 1.68. The van der Waals surface area contributed by atoms with Crippen molar-refractivity contribution in [2.75, 3.05) is 13.1 Å². The van der Waals surface area contributed by atoms with Crippen molar-refractivity contribution in [3.8, 4) is 5.13 Å². The molecule has 0 radical (unpaired) electrons. The van der Waals surface area contributed by atoms with E-state index in [2.05, 4.69) is 49.9 Å². The van der Waals surface area contributed by atoms with Crippen molar-refractivity contribution in [3.63, 3.8) is 0 Å². The van der Waals surface area contributed by atoms with Gasteiger partial charge in [-0.25, -0.2) is 4.98 Å². The average molecular weight is 324 g/mol. The van der Waals surface area contributed by atoms with Crippen LogP contribution >= 0.6 is 11.3 Å². The Labute approximate surface area is 140 Å². The number of likely N-dealkylation sites (tertiary alicyclic amines) is 1. The smallest absolute Gasteiger partial charge is 0.193 e. The highest BCUT2D eigenvalue weighted by molar-refractivity contribution is 7.12. The molecule has 0 spiro atoms. The van der Waals surface area contributed by atoms with Gasteiger partial charge in [0.15, 0.2) is 5.13 Å². The maximum atomic E-state index is 4.42. The van der Waals surface area contributed by atoms with Gasteiger partial charge in [-0.2, -0.15) is 0 Å². The fourth-order valence-corrected chi connectivity index (χ4v) is 4.01. The molecule has 0 N–H and O–H groups in total. The first kappa shape index (κ1) is 14.6. The molecular formula is C18H20N4S. The second-order valence-electron chi connectivity index (χ2n) is 6.02. The topological polar surface area (TPSA) is 34.0 Å². The van der Waals surface area contributed by atoms with E-state index in [9.17, 15) is 0 Å². The molecule has 23 heavy (non-hydrogen) atoms. The Kier molecular flexibility index (Phi) is 4.22. The van der Waals surface area contributed by atoms with Gasteiger partial charge in [-0.15, -0.1) is 11.3 Å². The van der Waals surface area contributed by atoms with Crippen LogP contribution in [0.5, 0.6) is 0 Å². The number of rotatable bonds is 4. The largest absolute Gasteiger partial charge is 0.298 e. The molecule has 3 aromatic rings. The third kappa shape index (κ3) is 3.21. The molecule has 5 heteroatoms. The lowest BCUT2D eigenvalue weighted by atomic mass is 9.90. The molecule has 0 aliphatic carbocycles. The Morgan fingerprint density at radius 3 is 2.65 bits per heavy atom. The van der Waals surface area contributed by atoms with Crippen molar-refractivity contribution < 1.29 is 0 Å². The predicted molar refractivity (Wildman–Crippen MR) is 92.9 cm³/mol. The highest BCUT2D eigenvalue weighted by Crippen LogP contribution is 2.28. The van der Waals surface area contributed by atoms with Gasteiger partial charge in [-0.1, -0.05) is 0 Å². The monoisotopic (exact) mass is 324 g/mol. The fourth-order valence-electron chi connectivity index (χ4n) is 3.36. The Morgan fingerprint density at radius 1 is 1.09 bits per heavy atom. The van der Waals surface area contributed by atoms with E-state index in [-0.39, 0.29) is 0 Å². The van der Waals surface area contributed by atoms with Crippen LogP contribution in [0.15, 0.2) is 54.4 Å². The van der Waals surface area contributed by atoms with E-state index >= 15 is 0 Å². The van der Waals surface area contributed by atoms with Crippen molar-refractivity contribution in [2.24, 2.45) is 0 Å². The van der Waals surface area contributed by atoms with E-state index in [1.165, 1.54) is 24.1 Å². The molecule has 118 valence electrons. The van der Waals surface area contributed by atoms with Crippen LogP contribution in [0, 0.1) is 0 Å². The minimum Gasteiger partial charge on any atom is -0.298 e. The lowest BCUT2D eigenvalue weighted by Crippen LogP contribution is -2.33. The van der Waals surface area contributed by atoms with Crippen molar-refractivity contribution in [2.45, 2.75) is 25.3 Å². The quantitative estimate of drug-likeness (QED) is 0.734. The van der Waals surface area contributed by atoms with Crippen LogP contribution in [0.25, 0.3) is 5.13 Å². The highest BCUT2D eigenvalue weighted by Gasteiger charge is 2.21. The van der Waals surface area contributed by atoms with Crippen LogP contribution in [0.1, 0.15) is 30.0 Å². The Bertz CT molecular complexity index is 727. The summed E-state index contributed by atoms with van der Waals surface area (Å²) in [6, 6.07) is 8.64. The zero-order valence-corrected chi connectivity index (χ0v) is 13.8. The number of piperidine rings is 1. The molecule has 0 amide bonds. The van der Waals surface area contributed by atoms with Crippen LogP contribution in [-0.4, -0.2) is 32.5 Å². The molecule has 0 aromatic carbocycles. The lowest BCUT2D eigenvalue weighted by molar-refractivity contribution is 0.201. The molecule has 0 saturated carbocycles. The molecule has 4 heterocycles. The Balaban J connectivity index is 1.40. The number of nitrogens with zero attached hydrogens (tertiary/aromatic N) is 4. The Hall–Kier alpha value is -1.98. The molecule has 3 aromatic heterocycles. The summed E-state index contributed by atoms with van der Waals surface area (Å²) < 4.78 is 2.21. The number of hydrogen-bond donors (Lipinski definition) is 0. The van der Waals surface area contributed by atoms with Crippen LogP contribution < -0.4 is 0 Å². The molecule has 0 unspecified atom stereocenters. The predicted octanol–water partition coefficient (Wildman–Crippen LogP) is 3.71. The van der Waals surface area contributed by atoms with Gasteiger partial charge in [0.2, 0.25) is 0 Å².